The lowest BCUT2D eigenvalue weighted by molar-refractivity contribution is 0.821. The molecular weight excluding hydrogens is 326 g/mol. The summed E-state index contributed by atoms with van der Waals surface area (Å²) in [6.45, 7) is 2.60. The first-order chi connectivity index (χ1) is 12.6. The summed E-state index contributed by atoms with van der Waals surface area (Å²) in [7, 11) is 2.01. The molecule has 4 aromatic rings. The van der Waals surface area contributed by atoms with Crippen LogP contribution in [0.25, 0.3) is 16.9 Å². The lowest BCUT2D eigenvalue weighted by Gasteiger charge is -2.20. The average molecular weight is 345 g/mol. The van der Waals surface area contributed by atoms with Crippen LogP contribution >= 0.6 is 0 Å². The van der Waals surface area contributed by atoms with Gasteiger partial charge in [-0.05, 0) is 6.92 Å². The van der Waals surface area contributed by atoms with Crippen molar-refractivity contribution in [1.82, 2.24) is 24.6 Å². The van der Waals surface area contributed by atoms with Gasteiger partial charge in [0, 0.05) is 49.2 Å². The number of rotatable bonds is 4. The average Bonchev–Trinajstić information content (AvgIpc) is 3.03. The zero-order valence-corrected chi connectivity index (χ0v) is 14.7. The number of nitrogen functional groups attached to an aromatic ring is 1. The van der Waals surface area contributed by atoms with Gasteiger partial charge in [0.1, 0.15) is 5.82 Å². The van der Waals surface area contributed by atoms with Crippen LogP contribution < -0.4 is 10.6 Å². The molecule has 0 bridgehead atoms. The lowest BCUT2D eigenvalue weighted by Crippen LogP contribution is -2.20. The molecular formula is C19H19N7. The van der Waals surface area contributed by atoms with Crippen LogP contribution in [0.1, 0.15) is 11.3 Å². The lowest BCUT2D eigenvalue weighted by atomic mass is 10.1. The third kappa shape index (κ3) is 3.06. The van der Waals surface area contributed by atoms with Crippen LogP contribution in [0, 0.1) is 6.92 Å². The zero-order valence-electron chi connectivity index (χ0n) is 14.7. The second-order valence-electron chi connectivity index (χ2n) is 6.23. The first kappa shape index (κ1) is 16.0. The summed E-state index contributed by atoms with van der Waals surface area (Å²) in [6, 6.07) is 14.2. The molecule has 130 valence electrons. The predicted molar refractivity (Wildman–Crippen MR) is 102 cm³/mol. The van der Waals surface area contributed by atoms with Crippen molar-refractivity contribution >= 4 is 17.4 Å². The summed E-state index contributed by atoms with van der Waals surface area (Å²) in [6.07, 6.45) is 3.48. The van der Waals surface area contributed by atoms with Crippen LogP contribution in [-0.4, -0.2) is 31.6 Å². The van der Waals surface area contributed by atoms with E-state index in [0.29, 0.717) is 6.54 Å². The van der Waals surface area contributed by atoms with E-state index in [1.54, 1.807) is 12.4 Å². The minimum atomic E-state index is 0.275. The summed E-state index contributed by atoms with van der Waals surface area (Å²) in [5.41, 5.74) is 10.3. The number of fused-ring (bicyclic) bond motifs is 1. The highest BCUT2D eigenvalue weighted by molar-refractivity contribution is 5.67. The molecule has 3 heterocycles. The molecule has 0 aliphatic carbocycles. The molecule has 0 amide bonds. The summed E-state index contributed by atoms with van der Waals surface area (Å²) in [5, 5.41) is 4.59. The van der Waals surface area contributed by atoms with Crippen LogP contribution in [0.5, 0.6) is 0 Å². The van der Waals surface area contributed by atoms with E-state index in [4.69, 9.17) is 10.7 Å². The first-order valence-corrected chi connectivity index (χ1v) is 8.30. The fourth-order valence-corrected chi connectivity index (χ4v) is 2.90. The van der Waals surface area contributed by atoms with E-state index in [1.165, 1.54) is 0 Å². The Morgan fingerprint density at radius 2 is 1.81 bits per heavy atom. The summed E-state index contributed by atoms with van der Waals surface area (Å²) in [5.74, 6) is 1.22. The molecule has 26 heavy (non-hydrogen) atoms. The highest BCUT2D eigenvalue weighted by atomic mass is 15.3. The Labute approximate surface area is 151 Å². The number of hydrogen-bond acceptors (Lipinski definition) is 6. The Hall–Kier alpha value is -3.48. The molecule has 0 aliphatic rings. The van der Waals surface area contributed by atoms with E-state index in [2.05, 4.69) is 32.1 Å². The van der Waals surface area contributed by atoms with E-state index in [0.717, 1.165) is 34.0 Å². The molecule has 0 unspecified atom stereocenters. The molecule has 1 aromatic carbocycles. The molecule has 7 heteroatoms. The number of nitrogens with two attached hydrogens (primary N) is 1. The Morgan fingerprint density at radius 3 is 2.54 bits per heavy atom. The van der Waals surface area contributed by atoms with Crippen LogP contribution in [-0.2, 0) is 6.54 Å². The van der Waals surface area contributed by atoms with Crippen LogP contribution in [0.3, 0.4) is 0 Å². The third-order valence-corrected chi connectivity index (χ3v) is 4.14. The molecule has 0 atom stereocenters. The summed E-state index contributed by atoms with van der Waals surface area (Å²) < 4.78 is 1.86. The van der Waals surface area contributed by atoms with Crippen LogP contribution in [0.15, 0.2) is 54.9 Å². The first-order valence-electron chi connectivity index (χ1n) is 8.30. The van der Waals surface area contributed by atoms with Gasteiger partial charge in [-0.2, -0.15) is 9.61 Å². The quantitative estimate of drug-likeness (QED) is 0.612. The normalized spacial score (nSPS) is 11.0. The maximum atomic E-state index is 5.57. The zero-order chi connectivity index (χ0) is 18.1. The molecule has 0 fully saturated rings. The maximum absolute atomic E-state index is 5.57. The van der Waals surface area contributed by atoms with Gasteiger partial charge in [-0.25, -0.2) is 15.0 Å². The maximum Gasteiger partial charge on any atom is 0.219 e. The fraction of sp³-hybridized carbons (Fsp3) is 0.158. The standard InChI is InChI=1S/C19H19N7/c1-13-8-17-23-16(15-6-4-3-5-7-15)9-18(26(17)24-13)25(2)12-14-10-21-19(20)22-11-14/h3-11H,12H2,1-2H3,(H2,20,21,22). The smallest absolute Gasteiger partial charge is 0.219 e. The van der Waals surface area contributed by atoms with Gasteiger partial charge in [-0.3, -0.25) is 0 Å². The van der Waals surface area contributed by atoms with Crippen molar-refractivity contribution in [2.24, 2.45) is 0 Å². The van der Waals surface area contributed by atoms with E-state index >= 15 is 0 Å². The Bertz CT molecular complexity index is 1040. The molecule has 3 aromatic heterocycles. The van der Waals surface area contributed by atoms with Gasteiger partial charge in [-0.1, -0.05) is 30.3 Å². The topological polar surface area (TPSA) is 85.2 Å². The van der Waals surface area contributed by atoms with Gasteiger partial charge in [-0.15, -0.1) is 0 Å². The van der Waals surface area contributed by atoms with E-state index in [9.17, 15) is 0 Å². The highest BCUT2D eigenvalue weighted by Crippen LogP contribution is 2.25. The predicted octanol–water partition coefficient (Wildman–Crippen LogP) is 2.71. The van der Waals surface area contributed by atoms with E-state index in [-0.39, 0.29) is 5.95 Å². The number of aryl methyl sites for hydroxylation is 1. The molecule has 2 N–H and O–H groups in total. The number of anilines is 2. The van der Waals surface area contributed by atoms with Crippen molar-refractivity contribution in [3.8, 4) is 11.3 Å². The number of nitrogens with zero attached hydrogens (tertiary/aromatic N) is 6. The van der Waals surface area contributed by atoms with Crippen LogP contribution in [0.4, 0.5) is 11.8 Å². The van der Waals surface area contributed by atoms with Crippen molar-refractivity contribution in [1.29, 1.82) is 0 Å². The molecule has 0 radical (unpaired) electrons. The van der Waals surface area contributed by atoms with Crippen molar-refractivity contribution in [3.63, 3.8) is 0 Å². The minimum absolute atomic E-state index is 0.275. The van der Waals surface area contributed by atoms with Gasteiger partial charge < -0.3 is 10.6 Å². The van der Waals surface area contributed by atoms with E-state index < -0.39 is 0 Å². The molecule has 4 rings (SSSR count). The second-order valence-corrected chi connectivity index (χ2v) is 6.23. The Morgan fingerprint density at radius 1 is 1.08 bits per heavy atom. The largest absolute Gasteiger partial charge is 0.368 e. The molecule has 7 nitrogen and oxygen atoms in total. The van der Waals surface area contributed by atoms with Crippen LogP contribution in [0.2, 0.25) is 0 Å². The van der Waals surface area contributed by atoms with Gasteiger partial charge >= 0.3 is 0 Å². The Balaban J connectivity index is 1.78. The number of aromatic nitrogens is 5. The van der Waals surface area contributed by atoms with Crippen molar-refractivity contribution in [2.75, 3.05) is 17.7 Å². The second kappa shape index (κ2) is 6.44. The molecule has 0 saturated heterocycles. The summed E-state index contributed by atoms with van der Waals surface area (Å²) >= 11 is 0. The fourth-order valence-electron chi connectivity index (χ4n) is 2.90. The minimum Gasteiger partial charge on any atom is -0.368 e. The van der Waals surface area contributed by atoms with Gasteiger partial charge in [0.15, 0.2) is 5.65 Å². The molecule has 0 aliphatic heterocycles. The number of benzene rings is 1. The van der Waals surface area contributed by atoms with Crippen molar-refractivity contribution < 1.29 is 0 Å². The van der Waals surface area contributed by atoms with Gasteiger partial charge in [0.25, 0.3) is 0 Å². The van der Waals surface area contributed by atoms with Gasteiger partial charge in [0.2, 0.25) is 5.95 Å². The summed E-state index contributed by atoms with van der Waals surface area (Å²) in [4.78, 5) is 15.0. The Kier molecular flexibility index (Phi) is 3.96. The third-order valence-electron chi connectivity index (χ3n) is 4.14. The van der Waals surface area contributed by atoms with Gasteiger partial charge in [0.05, 0.1) is 11.4 Å². The van der Waals surface area contributed by atoms with Crippen molar-refractivity contribution in [3.05, 3.63) is 66.1 Å². The highest BCUT2D eigenvalue weighted by Gasteiger charge is 2.13. The molecule has 0 spiro atoms. The van der Waals surface area contributed by atoms with E-state index in [1.807, 2.05) is 48.8 Å². The monoisotopic (exact) mass is 345 g/mol. The van der Waals surface area contributed by atoms with Crippen molar-refractivity contribution in [2.45, 2.75) is 13.5 Å². The SMILES string of the molecule is Cc1cc2nc(-c3ccccc3)cc(N(C)Cc3cnc(N)nc3)n2n1. The molecule has 0 saturated carbocycles. The number of hydrogen-bond donors (Lipinski definition) is 1.